The van der Waals surface area contributed by atoms with Crippen molar-refractivity contribution in [3.05, 3.63) is 61.0 Å². The molecule has 3 aromatic rings. The number of nitrogens with one attached hydrogen (secondary N) is 2. The normalized spacial score (nSPS) is 11.1. The molecule has 6 nitrogen and oxygen atoms in total. The number of H-pyrrole nitrogens is 2. The van der Waals surface area contributed by atoms with Crippen LogP contribution < -0.4 is 11.2 Å². The van der Waals surface area contributed by atoms with Gasteiger partial charge < -0.3 is 9.55 Å². The maximum absolute atomic E-state index is 12.1. The number of hydrogen-bond donors (Lipinski definition) is 2. The summed E-state index contributed by atoms with van der Waals surface area (Å²) in [5.74, 6) is 0. The van der Waals surface area contributed by atoms with Crippen LogP contribution in [-0.4, -0.2) is 19.1 Å². The van der Waals surface area contributed by atoms with E-state index < -0.39 is 11.2 Å². The van der Waals surface area contributed by atoms with Crippen molar-refractivity contribution in [3.8, 4) is 0 Å². The quantitative estimate of drug-likeness (QED) is 0.703. The molecule has 0 saturated carbocycles. The zero-order valence-electron chi connectivity index (χ0n) is 11.6. The molecule has 7 heteroatoms. The van der Waals surface area contributed by atoms with Crippen LogP contribution in [0.2, 0.25) is 0 Å². The third kappa shape index (κ3) is 2.25. The van der Waals surface area contributed by atoms with Crippen LogP contribution in [-0.2, 0) is 13.6 Å². The molecule has 0 aliphatic rings. The van der Waals surface area contributed by atoms with Gasteiger partial charge in [0.2, 0.25) is 0 Å². The number of hydrogen-bond acceptors (Lipinski definition) is 3. The third-order valence-electron chi connectivity index (χ3n) is 3.46. The standard InChI is InChI=1S/C14H14N4O2S/c1-8-4-3-5-9(6-8)7-18-10-11(15-14(18)21)17(2)13(20)16-12(10)19/h3-6H,7H2,1-2H3,(H,15,21)(H,16,19,20). The van der Waals surface area contributed by atoms with Gasteiger partial charge in [0.15, 0.2) is 10.3 Å². The van der Waals surface area contributed by atoms with Crippen LogP contribution in [0, 0.1) is 11.7 Å². The Morgan fingerprint density at radius 3 is 2.71 bits per heavy atom. The van der Waals surface area contributed by atoms with E-state index in [9.17, 15) is 9.59 Å². The van der Waals surface area contributed by atoms with Crippen LogP contribution in [0.1, 0.15) is 11.1 Å². The van der Waals surface area contributed by atoms with E-state index in [1.165, 1.54) is 4.57 Å². The fourth-order valence-corrected chi connectivity index (χ4v) is 2.67. The first-order valence-electron chi connectivity index (χ1n) is 6.45. The molecule has 0 fully saturated rings. The van der Waals surface area contributed by atoms with Crippen LogP contribution in [0.25, 0.3) is 11.2 Å². The minimum absolute atomic E-state index is 0.378. The maximum atomic E-state index is 12.1. The number of benzene rings is 1. The van der Waals surface area contributed by atoms with E-state index in [1.54, 1.807) is 11.6 Å². The summed E-state index contributed by atoms with van der Waals surface area (Å²) < 4.78 is 3.47. The van der Waals surface area contributed by atoms with E-state index in [0.717, 1.165) is 11.1 Å². The lowest BCUT2D eigenvalue weighted by molar-refractivity contribution is 0.798. The molecule has 3 rings (SSSR count). The fraction of sp³-hybridized carbons (Fsp3) is 0.214. The van der Waals surface area contributed by atoms with Crippen LogP contribution in [0.3, 0.4) is 0 Å². The lowest BCUT2D eigenvalue weighted by Crippen LogP contribution is -2.29. The summed E-state index contributed by atoms with van der Waals surface area (Å²) in [6.45, 7) is 2.48. The Bertz CT molecular complexity index is 1010. The zero-order valence-corrected chi connectivity index (χ0v) is 12.5. The average Bonchev–Trinajstić information content (AvgIpc) is 2.74. The first-order valence-corrected chi connectivity index (χ1v) is 6.85. The molecule has 108 valence electrons. The zero-order chi connectivity index (χ0) is 15.1. The number of aromatic amines is 2. The molecule has 2 aromatic heterocycles. The average molecular weight is 302 g/mol. The topological polar surface area (TPSA) is 75.6 Å². The first-order chi connectivity index (χ1) is 9.97. The summed E-state index contributed by atoms with van der Waals surface area (Å²) in [5.41, 5.74) is 2.09. The summed E-state index contributed by atoms with van der Waals surface area (Å²) in [4.78, 5) is 28.9. The van der Waals surface area contributed by atoms with Crippen molar-refractivity contribution in [1.29, 1.82) is 0 Å². The summed E-state index contributed by atoms with van der Waals surface area (Å²) >= 11 is 5.29. The van der Waals surface area contributed by atoms with Gasteiger partial charge in [0, 0.05) is 7.05 Å². The number of fused-ring (bicyclic) bond motifs is 1. The highest BCUT2D eigenvalue weighted by Crippen LogP contribution is 2.12. The van der Waals surface area contributed by atoms with Crippen molar-refractivity contribution in [3.63, 3.8) is 0 Å². The Morgan fingerprint density at radius 1 is 1.24 bits per heavy atom. The van der Waals surface area contributed by atoms with Crippen molar-refractivity contribution >= 4 is 23.4 Å². The minimum Gasteiger partial charge on any atom is -0.316 e. The Labute approximate surface area is 124 Å². The van der Waals surface area contributed by atoms with Gasteiger partial charge in [0.25, 0.3) is 5.56 Å². The van der Waals surface area contributed by atoms with Crippen molar-refractivity contribution in [2.24, 2.45) is 7.05 Å². The largest absolute Gasteiger partial charge is 0.329 e. The van der Waals surface area contributed by atoms with Gasteiger partial charge in [-0.15, -0.1) is 0 Å². The molecule has 0 bridgehead atoms. The molecule has 0 radical (unpaired) electrons. The van der Waals surface area contributed by atoms with E-state index >= 15 is 0 Å². The summed E-state index contributed by atoms with van der Waals surface area (Å²) in [6.07, 6.45) is 0. The molecule has 0 spiro atoms. The van der Waals surface area contributed by atoms with Crippen molar-refractivity contribution in [2.75, 3.05) is 0 Å². The van der Waals surface area contributed by atoms with Gasteiger partial charge in [-0.2, -0.15) is 0 Å². The maximum Gasteiger partial charge on any atom is 0.329 e. The van der Waals surface area contributed by atoms with Crippen LogP contribution in [0.4, 0.5) is 0 Å². The van der Waals surface area contributed by atoms with Gasteiger partial charge in [0.1, 0.15) is 5.65 Å². The summed E-state index contributed by atoms with van der Waals surface area (Å²) in [5, 5.41) is 0. The van der Waals surface area contributed by atoms with Crippen LogP contribution in [0.15, 0.2) is 33.9 Å². The lowest BCUT2D eigenvalue weighted by atomic mass is 10.1. The number of aryl methyl sites for hydroxylation is 2. The SMILES string of the molecule is Cc1cccc(Cn2c(=S)[nH]c3c2c(=O)[nH]c(=O)n3C)c1. The van der Waals surface area contributed by atoms with Crippen LogP contribution in [0.5, 0.6) is 0 Å². The van der Waals surface area contributed by atoms with Gasteiger partial charge >= 0.3 is 5.69 Å². The molecule has 1 aromatic carbocycles. The number of aromatic nitrogens is 4. The predicted molar refractivity (Wildman–Crippen MR) is 83.3 cm³/mol. The smallest absolute Gasteiger partial charge is 0.316 e. The van der Waals surface area contributed by atoms with E-state index in [-0.39, 0.29) is 0 Å². The fourth-order valence-electron chi connectivity index (χ4n) is 2.42. The molecule has 0 unspecified atom stereocenters. The second kappa shape index (κ2) is 4.85. The van der Waals surface area contributed by atoms with Crippen molar-refractivity contribution in [1.82, 2.24) is 19.1 Å². The molecule has 2 heterocycles. The Hall–Kier alpha value is -2.41. The first kappa shape index (κ1) is 13.6. The molecular formula is C14H14N4O2S. The monoisotopic (exact) mass is 302 g/mol. The van der Waals surface area contributed by atoms with Crippen molar-refractivity contribution in [2.45, 2.75) is 13.5 Å². The highest BCUT2D eigenvalue weighted by atomic mass is 32.1. The van der Waals surface area contributed by atoms with Gasteiger partial charge in [0.05, 0.1) is 6.54 Å². The highest BCUT2D eigenvalue weighted by Gasteiger charge is 2.12. The number of rotatable bonds is 2. The second-order valence-corrected chi connectivity index (χ2v) is 5.41. The molecule has 2 N–H and O–H groups in total. The van der Waals surface area contributed by atoms with Crippen molar-refractivity contribution < 1.29 is 0 Å². The van der Waals surface area contributed by atoms with E-state index in [4.69, 9.17) is 12.2 Å². The molecule has 0 aliphatic carbocycles. The highest BCUT2D eigenvalue weighted by molar-refractivity contribution is 7.71. The van der Waals surface area contributed by atoms with Crippen LogP contribution >= 0.6 is 12.2 Å². The molecule has 21 heavy (non-hydrogen) atoms. The van der Waals surface area contributed by atoms with E-state index in [1.807, 2.05) is 31.2 Å². The third-order valence-corrected chi connectivity index (χ3v) is 3.79. The van der Waals surface area contributed by atoms with Gasteiger partial charge in [-0.05, 0) is 24.7 Å². The minimum atomic E-state index is -0.466. The van der Waals surface area contributed by atoms with E-state index in [2.05, 4.69) is 9.97 Å². The Morgan fingerprint density at radius 2 is 2.00 bits per heavy atom. The summed E-state index contributed by atoms with van der Waals surface area (Å²) in [7, 11) is 1.59. The molecule has 0 saturated heterocycles. The van der Waals surface area contributed by atoms with E-state index in [0.29, 0.717) is 22.5 Å². The number of nitrogens with zero attached hydrogens (tertiary/aromatic N) is 2. The van der Waals surface area contributed by atoms with Gasteiger partial charge in [-0.3, -0.25) is 14.3 Å². The van der Waals surface area contributed by atoms with Gasteiger partial charge in [-0.25, -0.2) is 4.79 Å². The number of imidazole rings is 1. The lowest BCUT2D eigenvalue weighted by Gasteiger charge is -2.05. The molecular weight excluding hydrogens is 288 g/mol. The second-order valence-electron chi connectivity index (χ2n) is 5.02. The van der Waals surface area contributed by atoms with Gasteiger partial charge in [-0.1, -0.05) is 29.8 Å². The summed E-state index contributed by atoms with van der Waals surface area (Å²) in [6, 6.07) is 7.98. The Balaban J connectivity index is 2.27. The Kier molecular flexibility index (Phi) is 3.13. The molecule has 0 atom stereocenters. The molecule has 0 amide bonds. The molecule has 0 aliphatic heterocycles. The predicted octanol–water partition coefficient (Wildman–Crippen LogP) is 1.44.